The number of hydrogen-bond acceptors (Lipinski definition) is 4. The molecule has 1 saturated heterocycles. The number of ether oxygens (including phenoxy) is 4. The van der Waals surface area contributed by atoms with E-state index in [0.717, 1.165) is 17.9 Å². The van der Waals surface area contributed by atoms with Crippen LogP contribution in [0, 0.1) is 0 Å². The summed E-state index contributed by atoms with van der Waals surface area (Å²) in [6.07, 6.45) is -0.288. The minimum absolute atomic E-state index is 0.192. The van der Waals surface area contributed by atoms with E-state index in [1.807, 2.05) is 61.5 Å². The van der Waals surface area contributed by atoms with E-state index in [-0.39, 0.29) is 6.10 Å². The smallest absolute Gasteiger partial charge is 0.227 e. The molecule has 0 aromatic heterocycles. The lowest BCUT2D eigenvalue weighted by molar-refractivity contribution is -0.0886. The van der Waals surface area contributed by atoms with E-state index in [0.29, 0.717) is 19.0 Å². The van der Waals surface area contributed by atoms with Crippen molar-refractivity contribution < 1.29 is 18.9 Å². The minimum Gasteiger partial charge on any atom is -0.490 e. The molecule has 0 bridgehead atoms. The first kappa shape index (κ1) is 14.9. The van der Waals surface area contributed by atoms with E-state index < -0.39 is 6.29 Å². The molecule has 4 heteroatoms. The first-order valence-electron chi connectivity index (χ1n) is 7.53. The van der Waals surface area contributed by atoms with Gasteiger partial charge in [-0.2, -0.15) is 0 Å². The number of epoxide rings is 1. The summed E-state index contributed by atoms with van der Waals surface area (Å²) >= 11 is 0. The maximum absolute atomic E-state index is 6.06. The number of para-hydroxylation sites is 2. The second-order valence-electron chi connectivity index (χ2n) is 5.03. The molecule has 116 valence electrons. The third kappa shape index (κ3) is 4.00. The zero-order valence-corrected chi connectivity index (χ0v) is 12.6. The quantitative estimate of drug-likeness (QED) is 0.552. The summed E-state index contributed by atoms with van der Waals surface area (Å²) in [6, 6.07) is 17.5. The molecule has 3 rings (SSSR count). The lowest BCUT2D eigenvalue weighted by Gasteiger charge is -2.21. The molecule has 0 radical (unpaired) electrons. The van der Waals surface area contributed by atoms with E-state index in [1.165, 1.54) is 0 Å². The number of benzene rings is 2. The van der Waals surface area contributed by atoms with Crippen LogP contribution < -0.4 is 9.47 Å². The van der Waals surface area contributed by atoms with Gasteiger partial charge < -0.3 is 18.9 Å². The van der Waals surface area contributed by atoms with Gasteiger partial charge in [0.05, 0.1) is 19.8 Å². The molecule has 0 N–H and O–H groups in total. The van der Waals surface area contributed by atoms with Gasteiger partial charge >= 0.3 is 0 Å². The standard InChI is InChI=1S/C18H20O4/c1-2-19-16-10-6-7-11-17(16)22-18(21-13-15-12-20-15)14-8-4-3-5-9-14/h3-11,15,18H,2,12-13H2,1H3/t15-,18+/m1/s1. The SMILES string of the molecule is CCOc1ccccc1O[C@H](OC[C@H]1CO1)c1ccccc1. The maximum atomic E-state index is 6.06. The van der Waals surface area contributed by atoms with Gasteiger partial charge in [-0.25, -0.2) is 0 Å². The predicted octanol–water partition coefficient (Wildman–Crippen LogP) is 3.58. The number of rotatable bonds is 8. The van der Waals surface area contributed by atoms with Gasteiger partial charge in [0.2, 0.25) is 6.29 Å². The van der Waals surface area contributed by atoms with Crippen molar-refractivity contribution in [2.24, 2.45) is 0 Å². The highest BCUT2D eigenvalue weighted by Crippen LogP contribution is 2.32. The van der Waals surface area contributed by atoms with Crippen LogP contribution in [0.15, 0.2) is 54.6 Å². The molecule has 22 heavy (non-hydrogen) atoms. The van der Waals surface area contributed by atoms with Crippen molar-refractivity contribution in [1.82, 2.24) is 0 Å². The molecule has 1 fully saturated rings. The predicted molar refractivity (Wildman–Crippen MR) is 83.1 cm³/mol. The Hall–Kier alpha value is -2.04. The Bertz CT molecular complexity index is 581. The average molecular weight is 300 g/mol. The van der Waals surface area contributed by atoms with Crippen LogP contribution in [-0.4, -0.2) is 25.9 Å². The van der Waals surface area contributed by atoms with E-state index in [2.05, 4.69) is 0 Å². The Morgan fingerprint density at radius 2 is 1.73 bits per heavy atom. The van der Waals surface area contributed by atoms with Gasteiger partial charge in [0.25, 0.3) is 0 Å². The molecule has 1 heterocycles. The Morgan fingerprint density at radius 1 is 1.05 bits per heavy atom. The molecule has 0 unspecified atom stereocenters. The molecule has 2 atom stereocenters. The van der Waals surface area contributed by atoms with Gasteiger partial charge in [-0.3, -0.25) is 0 Å². The normalized spacial score (nSPS) is 17.8. The van der Waals surface area contributed by atoms with Crippen molar-refractivity contribution in [3.05, 3.63) is 60.2 Å². The molecule has 4 nitrogen and oxygen atoms in total. The van der Waals surface area contributed by atoms with Crippen molar-refractivity contribution in [1.29, 1.82) is 0 Å². The molecule has 2 aromatic carbocycles. The van der Waals surface area contributed by atoms with Crippen molar-refractivity contribution in [2.75, 3.05) is 19.8 Å². The summed E-state index contributed by atoms with van der Waals surface area (Å²) in [6.45, 7) is 3.83. The zero-order chi connectivity index (χ0) is 15.2. The van der Waals surface area contributed by atoms with Crippen molar-refractivity contribution in [3.63, 3.8) is 0 Å². The summed E-state index contributed by atoms with van der Waals surface area (Å²) in [5, 5.41) is 0. The Balaban J connectivity index is 1.76. The van der Waals surface area contributed by atoms with Crippen LogP contribution in [0.5, 0.6) is 11.5 Å². The summed E-state index contributed by atoms with van der Waals surface area (Å²) in [5.41, 5.74) is 0.967. The van der Waals surface area contributed by atoms with Crippen LogP contribution in [0.2, 0.25) is 0 Å². The summed E-state index contributed by atoms with van der Waals surface area (Å²) < 4.78 is 22.8. The van der Waals surface area contributed by atoms with Gasteiger partial charge in [0.15, 0.2) is 11.5 Å². The molecule has 2 aromatic rings. The van der Waals surface area contributed by atoms with Crippen LogP contribution in [0.4, 0.5) is 0 Å². The minimum atomic E-state index is -0.480. The summed E-state index contributed by atoms with van der Waals surface area (Å²) in [4.78, 5) is 0. The second kappa shape index (κ2) is 7.29. The van der Waals surface area contributed by atoms with E-state index >= 15 is 0 Å². The molecule has 0 aliphatic carbocycles. The highest BCUT2D eigenvalue weighted by Gasteiger charge is 2.26. The second-order valence-corrected chi connectivity index (χ2v) is 5.03. The molecule has 1 aliphatic heterocycles. The zero-order valence-electron chi connectivity index (χ0n) is 12.6. The fourth-order valence-electron chi connectivity index (χ4n) is 2.11. The van der Waals surface area contributed by atoms with Gasteiger partial charge in [0, 0.05) is 5.56 Å². The molecule has 0 amide bonds. The summed E-state index contributed by atoms with van der Waals surface area (Å²) in [5.74, 6) is 1.40. The van der Waals surface area contributed by atoms with Gasteiger partial charge in [-0.15, -0.1) is 0 Å². The Morgan fingerprint density at radius 3 is 2.41 bits per heavy atom. The van der Waals surface area contributed by atoms with Crippen molar-refractivity contribution in [3.8, 4) is 11.5 Å². The largest absolute Gasteiger partial charge is 0.490 e. The maximum Gasteiger partial charge on any atom is 0.227 e. The third-order valence-corrected chi connectivity index (χ3v) is 3.29. The molecule has 1 aliphatic rings. The van der Waals surface area contributed by atoms with Crippen LogP contribution in [-0.2, 0) is 9.47 Å². The topological polar surface area (TPSA) is 40.2 Å². The lowest BCUT2D eigenvalue weighted by Crippen LogP contribution is -2.15. The summed E-state index contributed by atoms with van der Waals surface area (Å²) in [7, 11) is 0. The molecular formula is C18H20O4. The van der Waals surface area contributed by atoms with Gasteiger partial charge in [-0.05, 0) is 19.1 Å². The number of hydrogen-bond donors (Lipinski definition) is 0. The van der Waals surface area contributed by atoms with Crippen LogP contribution in [0.25, 0.3) is 0 Å². The lowest BCUT2D eigenvalue weighted by atomic mass is 10.2. The van der Waals surface area contributed by atoms with Crippen LogP contribution in [0.3, 0.4) is 0 Å². The average Bonchev–Trinajstić information content (AvgIpc) is 3.38. The first-order chi connectivity index (χ1) is 10.9. The molecular weight excluding hydrogens is 280 g/mol. The van der Waals surface area contributed by atoms with Crippen molar-refractivity contribution >= 4 is 0 Å². The van der Waals surface area contributed by atoms with Gasteiger partial charge in [-0.1, -0.05) is 42.5 Å². The molecule has 0 saturated carbocycles. The highest BCUT2D eigenvalue weighted by atomic mass is 16.7. The highest BCUT2D eigenvalue weighted by molar-refractivity contribution is 5.39. The van der Waals surface area contributed by atoms with E-state index in [9.17, 15) is 0 Å². The van der Waals surface area contributed by atoms with Crippen LogP contribution >= 0.6 is 0 Å². The van der Waals surface area contributed by atoms with E-state index in [1.54, 1.807) is 0 Å². The fraction of sp³-hybridized carbons (Fsp3) is 0.333. The molecule has 0 spiro atoms. The fourth-order valence-corrected chi connectivity index (χ4v) is 2.11. The Kier molecular flexibility index (Phi) is 4.93. The van der Waals surface area contributed by atoms with E-state index in [4.69, 9.17) is 18.9 Å². The van der Waals surface area contributed by atoms with Crippen LogP contribution in [0.1, 0.15) is 18.8 Å². The van der Waals surface area contributed by atoms with Gasteiger partial charge in [0.1, 0.15) is 6.10 Å². The first-order valence-corrected chi connectivity index (χ1v) is 7.53. The Labute approximate surface area is 130 Å². The third-order valence-electron chi connectivity index (χ3n) is 3.29. The monoisotopic (exact) mass is 300 g/mol. The van der Waals surface area contributed by atoms with Crippen molar-refractivity contribution in [2.45, 2.75) is 19.3 Å².